The molecule has 0 bridgehead atoms. The summed E-state index contributed by atoms with van der Waals surface area (Å²) in [5, 5.41) is 29.7. The van der Waals surface area contributed by atoms with E-state index in [1.165, 1.54) is 208 Å². The van der Waals surface area contributed by atoms with Gasteiger partial charge in [-0.25, -0.2) is 0 Å². The van der Waals surface area contributed by atoms with E-state index in [1.807, 2.05) is 0 Å². The lowest BCUT2D eigenvalue weighted by atomic mass is 9.95. The minimum atomic E-state index is 1.31. The van der Waals surface area contributed by atoms with Gasteiger partial charge in [-0.05, 0) is 244 Å². The Hall–Kier alpha value is -12.0. The summed E-state index contributed by atoms with van der Waals surface area (Å²) in [6.45, 7) is 0. The maximum Gasteiger partial charge on any atom is -0.00197 e. The summed E-state index contributed by atoms with van der Waals surface area (Å²) in [5.74, 6) is 0. The van der Waals surface area contributed by atoms with Crippen molar-refractivity contribution in [3.63, 3.8) is 0 Å². The lowest BCUT2D eigenvalue weighted by Gasteiger charge is -2.09. The Kier molecular flexibility index (Phi) is 11.0. The molecule has 0 amide bonds. The van der Waals surface area contributed by atoms with Crippen LogP contribution in [-0.2, 0) is 0 Å². The van der Waals surface area contributed by atoms with Gasteiger partial charge in [0.1, 0.15) is 0 Å². The number of fused-ring (bicyclic) bond motifs is 25. The summed E-state index contributed by atoms with van der Waals surface area (Å²) < 4.78 is 0. The van der Waals surface area contributed by atoms with Gasteiger partial charge in [-0.15, -0.1) is 0 Å². The summed E-state index contributed by atoms with van der Waals surface area (Å²) in [4.78, 5) is 0. The molecule has 0 spiro atoms. The second-order valence-corrected chi connectivity index (χ2v) is 25.2. The van der Waals surface area contributed by atoms with Crippen molar-refractivity contribution in [3.8, 4) is 89.0 Å². The van der Waals surface area contributed by atoms with Crippen molar-refractivity contribution in [2.24, 2.45) is 0 Å². The van der Waals surface area contributed by atoms with E-state index < -0.39 is 0 Å². The molecule has 92 heavy (non-hydrogen) atoms. The molecule has 19 aromatic carbocycles. The lowest BCUT2D eigenvalue weighted by Crippen LogP contribution is -1.81. The SMILES string of the molecule is c1ccc2c(c1)-c1cccc3c1c-2cc1ccccc13.c1ccc2c3c(ccc2c1)-c1cc2ccccc2c2cccc-3c12.c1ccc2c3c(ccc2c1)-c1cccc2c1c-3cc1ccccc12.c1ccc2cc3c(cc2c1)-c1cccc2c1c-3cc1ccccc12. The largest absolute Gasteiger partial charge is 0.0616 e. The number of hydrogen-bond acceptors (Lipinski definition) is 0. The molecule has 422 valence electrons. The van der Waals surface area contributed by atoms with Gasteiger partial charge >= 0.3 is 0 Å². The Bertz CT molecular complexity index is 6370. The Morgan fingerprint density at radius 3 is 0.826 bits per heavy atom. The molecule has 4 aliphatic carbocycles. The smallest absolute Gasteiger partial charge is 0.00197 e. The molecule has 0 aliphatic heterocycles. The third kappa shape index (κ3) is 7.41. The monoisotopic (exact) mass is 1160 g/mol. The quantitative estimate of drug-likeness (QED) is 0.133. The first-order chi connectivity index (χ1) is 45.7. The van der Waals surface area contributed by atoms with Crippen LogP contribution in [0.2, 0.25) is 0 Å². The molecule has 0 heteroatoms. The zero-order valence-electron chi connectivity index (χ0n) is 50.2. The summed E-state index contributed by atoms with van der Waals surface area (Å²) >= 11 is 0. The minimum absolute atomic E-state index is 1.31. The Balaban J connectivity index is 0.0000000852. The van der Waals surface area contributed by atoms with Crippen LogP contribution in [-0.4, -0.2) is 0 Å². The molecule has 0 saturated heterocycles. The molecule has 19 aromatic rings. The first-order valence-corrected chi connectivity index (χ1v) is 32.1. The van der Waals surface area contributed by atoms with Gasteiger partial charge in [0, 0.05) is 0 Å². The van der Waals surface area contributed by atoms with E-state index in [9.17, 15) is 0 Å². The van der Waals surface area contributed by atoms with Crippen LogP contribution in [0.15, 0.2) is 328 Å². The van der Waals surface area contributed by atoms with Crippen molar-refractivity contribution in [2.45, 2.75) is 0 Å². The zero-order valence-corrected chi connectivity index (χ0v) is 50.2. The highest BCUT2D eigenvalue weighted by Gasteiger charge is 2.28. The highest BCUT2D eigenvalue weighted by Crippen LogP contribution is 2.55. The highest BCUT2D eigenvalue weighted by molar-refractivity contribution is 6.30. The van der Waals surface area contributed by atoms with Gasteiger partial charge in [0.2, 0.25) is 0 Å². The van der Waals surface area contributed by atoms with Crippen LogP contribution in [0.3, 0.4) is 0 Å². The second-order valence-electron chi connectivity index (χ2n) is 25.2. The van der Waals surface area contributed by atoms with Gasteiger partial charge in [-0.2, -0.15) is 0 Å². The molecule has 0 N–H and O–H groups in total. The van der Waals surface area contributed by atoms with Crippen molar-refractivity contribution in [2.75, 3.05) is 0 Å². The summed E-state index contributed by atoms with van der Waals surface area (Å²) in [6.07, 6.45) is 0. The first kappa shape index (κ1) is 51.0. The third-order valence-corrected chi connectivity index (χ3v) is 20.5. The summed E-state index contributed by atoms with van der Waals surface area (Å²) in [7, 11) is 0. The van der Waals surface area contributed by atoms with Crippen LogP contribution in [0.5, 0.6) is 0 Å². The molecule has 0 heterocycles. The average Bonchev–Trinajstić information content (AvgIpc) is 1.60. The predicted molar refractivity (Wildman–Crippen MR) is 396 cm³/mol. The molecule has 0 unspecified atom stereocenters. The molecular formula is C92H54. The molecule has 23 rings (SSSR count). The highest BCUT2D eigenvalue weighted by atomic mass is 14.3. The van der Waals surface area contributed by atoms with Gasteiger partial charge < -0.3 is 0 Å². The van der Waals surface area contributed by atoms with Crippen LogP contribution >= 0.6 is 0 Å². The van der Waals surface area contributed by atoms with Crippen LogP contribution in [0, 0.1) is 0 Å². The molecule has 0 aromatic heterocycles. The Labute approximate surface area is 531 Å². The fourth-order valence-corrected chi connectivity index (χ4v) is 16.6. The maximum atomic E-state index is 2.37. The van der Waals surface area contributed by atoms with E-state index in [1.54, 1.807) is 0 Å². The standard InChI is InChI=1S/3C24H14.C20H12/c1-4-9-18-15(6-1)12-13-20-22-14-16-7-2-3-8-17(16)19-10-5-11-21(23(18)20)24(19)22;1-4-9-18-15(6-1)12-13-21-20-11-5-10-19-17-8-3-2-7-16(17)14-22(23(18)21)24(19)20;1-2-7-16-13-22-21(12-15(16)6-1)20-11-5-10-19-18-9-4-3-8-17(18)14-23(22)24(19)20;1-2-7-14-13(6-1)12-19-16-9-4-3-8-15(16)18-11-5-10-17(14)20(18)19/h3*1-14H;1-12H. The van der Waals surface area contributed by atoms with Crippen molar-refractivity contribution in [1.29, 1.82) is 0 Å². The fourth-order valence-electron chi connectivity index (χ4n) is 16.6. The molecule has 0 atom stereocenters. The van der Waals surface area contributed by atoms with Crippen LogP contribution in [0.1, 0.15) is 0 Å². The molecule has 0 radical (unpaired) electrons. The maximum absolute atomic E-state index is 2.37. The number of benzene rings is 19. The molecular weight excluding hydrogens is 1110 g/mol. The zero-order chi connectivity index (χ0) is 60.1. The van der Waals surface area contributed by atoms with E-state index in [4.69, 9.17) is 0 Å². The van der Waals surface area contributed by atoms with Crippen molar-refractivity contribution < 1.29 is 0 Å². The number of hydrogen-bond donors (Lipinski definition) is 0. The van der Waals surface area contributed by atoms with Gasteiger partial charge in [-0.3, -0.25) is 0 Å². The Morgan fingerprint density at radius 1 is 0.109 bits per heavy atom. The second kappa shape index (κ2) is 19.8. The van der Waals surface area contributed by atoms with Crippen LogP contribution in [0.25, 0.3) is 208 Å². The summed E-state index contributed by atoms with van der Waals surface area (Å²) in [5.41, 5.74) is 22.0. The summed E-state index contributed by atoms with van der Waals surface area (Å²) in [6, 6.07) is 120. The first-order valence-electron chi connectivity index (χ1n) is 32.1. The number of rotatable bonds is 0. The average molecular weight is 1160 g/mol. The van der Waals surface area contributed by atoms with Gasteiger partial charge in [0.15, 0.2) is 0 Å². The van der Waals surface area contributed by atoms with Crippen LogP contribution < -0.4 is 0 Å². The topological polar surface area (TPSA) is 0 Å². The normalized spacial score (nSPS) is 12.1. The van der Waals surface area contributed by atoms with E-state index in [0.717, 1.165) is 0 Å². The third-order valence-electron chi connectivity index (χ3n) is 20.5. The van der Waals surface area contributed by atoms with Crippen LogP contribution in [0.4, 0.5) is 0 Å². The van der Waals surface area contributed by atoms with Gasteiger partial charge in [0.25, 0.3) is 0 Å². The molecule has 4 aliphatic rings. The van der Waals surface area contributed by atoms with E-state index in [-0.39, 0.29) is 0 Å². The fraction of sp³-hybridized carbons (Fsp3) is 0. The predicted octanol–water partition coefficient (Wildman–Crippen LogP) is 26.0. The van der Waals surface area contributed by atoms with Crippen molar-refractivity contribution >= 4 is 118 Å². The van der Waals surface area contributed by atoms with Gasteiger partial charge in [-0.1, -0.05) is 291 Å². The minimum Gasteiger partial charge on any atom is -0.0616 e. The van der Waals surface area contributed by atoms with E-state index >= 15 is 0 Å². The lowest BCUT2D eigenvalue weighted by molar-refractivity contribution is 1.70. The van der Waals surface area contributed by atoms with E-state index in [0.29, 0.717) is 0 Å². The van der Waals surface area contributed by atoms with E-state index in [2.05, 4.69) is 328 Å². The van der Waals surface area contributed by atoms with Gasteiger partial charge in [0.05, 0.1) is 0 Å². The molecule has 0 fully saturated rings. The Morgan fingerprint density at radius 2 is 0.359 bits per heavy atom. The molecule has 0 saturated carbocycles. The van der Waals surface area contributed by atoms with Crippen molar-refractivity contribution in [1.82, 2.24) is 0 Å². The molecule has 0 nitrogen and oxygen atoms in total. The van der Waals surface area contributed by atoms with Crippen molar-refractivity contribution in [3.05, 3.63) is 328 Å².